The summed E-state index contributed by atoms with van der Waals surface area (Å²) in [5.74, 6) is -0.691. The van der Waals surface area contributed by atoms with Gasteiger partial charge in [0.05, 0.1) is 18.0 Å². The van der Waals surface area contributed by atoms with E-state index in [1.165, 1.54) is 4.57 Å². The monoisotopic (exact) mass is 674 g/mol. The van der Waals surface area contributed by atoms with Crippen molar-refractivity contribution in [2.75, 3.05) is 43.5 Å². The Hall–Kier alpha value is -5.10. The number of aromatic nitrogens is 1. The number of likely N-dealkylation sites (tertiary alicyclic amines) is 1. The third-order valence-electron chi connectivity index (χ3n) is 9.12. The molecule has 2 aliphatic rings. The Bertz CT molecular complexity index is 1850. The Morgan fingerprint density at radius 2 is 1.55 bits per heavy atom. The molecule has 0 saturated carbocycles. The summed E-state index contributed by atoms with van der Waals surface area (Å²) in [6.45, 7) is 1.81. The highest BCUT2D eigenvalue weighted by molar-refractivity contribution is 5.96. The quantitative estimate of drug-likeness (QED) is 0.187. The first-order chi connectivity index (χ1) is 23.5. The van der Waals surface area contributed by atoms with Crippen LogP contribution in [0.5, 0.6) is 0 Å². The Morgan fingerprint density at radius 1 is 0.898 bits per heavy atom. The molecule has 9 nitrogen and oxygen atoms in total. The van der Waals surface area contributed by atoms with E-state index in [2.05, 4.69) is 39.6 Å². The number of nitrogens with one attached hydrogen (secondary N) is 2. The lowest BCUT2D eigenvalue weighted by atomic mass is 9.96. The molecule has 6 rings (SSSR count). The van der Waals surface area contributed by atoms with Crippen LogP contribution in [0.25, 0.3) is 22.3 Å². The van der Waals surface area contributed by atoms with Crippen LogP contribution < -0.4 is 16.2 Å². The number of pyridine rings is 1. The first kappa shape index (κ1) is 33.8. The van der Waals surface area contributed by atoms with Crippen molar-refractivity contribution in [3.63, 3.8) is 0 Å². The highest BCUT2D eigenvalue weighted by Gasteiger charge is 2.32. The zero-order valence-corrected chi connectivity index (χ0v) is 27.2. The minimum atomic E-state index is -4.76. The van der Waals surface area contributed by atoms with Gasteiger partial charge in [0.1, 0.15) is 6.61 Å². The fourth-order valence-electron chi connectivity index (χ4n) is 6.61. The van der Waals surface area contributed by atoms with Gasteiger partial charge in [-0.1, -0.05) is 54.6 Å². The van der Waals surface area contributed by atoms with Gasteiger partial charge in [-0.05, 0) is 71.3 Å². The van der Waals surface area contributed by atoms with Crippen molar-refractivity contribution in [1.82, 2.24) is 9.47 Å². The highest BCUT2D eigenvalue weighted by Crippen LogP contribution is 2.44. The van der Waals surface area contributed by atoms with Gasteiger partial charge >= 0.3 is 12.5 Å². The lowest BCUT2D eigenvalue weighted by Gasteiger charge is -2.31. The number of alkyl halides is 3. The number of hydrogen-bond acceptors (Lipinski definition) is 6. The van der Waals surface area contributed by atoms with Crippen LogP contribution in [0.2, 0.25) is 0 Å². The molecule has 0 radical (unpaired) electrons. The maximum Gasteiger partial charge on any atom is 0.522 e. The maximum absolute atomic E-state index is 13.4. The zero-order valence-electron chi connectivity index (χ0n) is 27.2. The fraction of sp³-hybridized carbons (Fsp3) is 0.324. The molecule has 256 valence electrons. The molecule has 3 aromatic carbocycles. The van der Waals surface area contributed by atoms with Gasteiger partial charge in [0.25, 0.3) is 5.56 Å². The molecule has 1 saturated heterocycles. The maximum atomic E-state index is 13.4. The van der Waals surface area contributed by atoms with Gasteiger partial charge in [-0.25, -0.2) is 4.79 Å². The second-order valence-corrected chi connectivity index (χ2v) is 12.4. The minimum absolute atomic E-state index is 0.0493. The molecule has 12 heteroatoms. The summed E-state index contributed by atoms with van der Waals surface area (Å²) < 4.78 is 48.9. The Balaban J connectivity index is 1.08. The molecule has 0 bridgehead atoms. The number of benzene rings is 3. The van der Waals surface area contributed by atoms with Gasteiger partial charge in [-0.2, -0.15) is 0 Å². The largest absolute Gasteiger partial charge is 0.522 e. The number of carbonyl (C=O) groups excluding carboxylic acids is 2. The predicted octanol–water partition coefficient (Wildman–Crippen LogP) is 6.91. The predicted molar refractivity (Wildman–Crippen MR) is 180 cm³/mol. The molecule has 4 aromatic rings. The SMILES string of the molecule is Cc1cc(-c2ccc(NC(=O)C3CCN(C(=O)OCC4c5ccccc5-c5ccccc54)CC3)c(NCCOC(F)(F)F)c2)cn(C)c1=O. The summed E-state index contributed by atoms with van der Waals surface area (Å²) in [7, 11) is 1.64. The highest BCUT2D eigenvalue weighted by atomic mass is 19.4. The van der Waals surface area contributed by atoms with E-state index in [9.17, 15) is 27.6 Å². The lowest BCUT2D eigenvalue weighted by Crippen LogP contribution is -2.42. The number of rotatable bonds is 9. The normalized spacial score (nSPS) is 14.7. The van der Waals surface area contributed by atoms with E-state index in [0.29, 0.717) is 48.4 Å². The number of anilines is 2. The van der Waals surface area contributed by atoms with E-state index in [1.54, 1.807) is 49.3 Å². The van der Waals surface area contributed by atoms with E-state index >= 15 is 0 Å². The number of piperidine rings is 1. The molecule has 0 atom stereocenters. The van der Waals surface area contributed by atoms with Crippen molar-refractivity contribution < 1.29 is 32.2 Å². The Kier molecular flexibility index (Phi) is 9.77. The summed E-state index contributed by atoms with van der Waals surface area (Å²) in [6.07, 6.45) is -2.66. The summed E-state index contributed by atoms with van der Waals surface area (Å²) in [5, 5.41) is 5.86. The van der Waals surface area contributed by atoms with Gasteiger partial charge in [-0.3, -0.25) is 14.3 Å². The summed E-state index contributed by atoms with van der Waals surface area (Å²) >= 11 is 0. The van der Waals surface area contributed by atoms with Crippen LogP contribution in [0.1, 0.15) is 35.4 Å². The van der Waals surface area contributed by atoms with Crippen molar-refractivity contribution in [3.8, 4) is 22.3 Å². The van der Waals surface area contributed by atoms with Crippen molar-refractivity contribution in [1.29, 1.82) is 0 Å². The fourth-order valence-corrected chi connectivity index (χ4v) is 6.61. The van der Waals surface area contributed by atoms with Crippen LogP contribution >= 0.6 is 0 Å². The first-order valence-electron chi connectivity index (χ1n) is 16.2. The smallest absolute Gasteiger partial charge is 0.448 e. The van der Waals surface area contributed by atoms with Crippen molar-refractivity contribution in [2.45, 2.75) is 32.0 Å². The van der Waals surface area contributed by atoms with Gasteiger partial charge in [0, 0.05) is 50.3 Å². The molecular weight excluding hydrogens is 637 g/mol. The number of aryl methyl sites for hydroxylation is 2. The van der Waals surface area contributed by atoms with Crippen LogP contribution in [-0.2, 0) is 21.3 Å². The van der Waals surface area contributed by atoms with Crippen LogP contribution in [0.4, 0.5) is 29.3 Å². The average Bonchev–Trinajstić information content (AvgIpc) is 3.41. The van der Waals surface area contributed by atoms with Gasteiger partial charge in [-0.15, -0.1) is 13.2 Å². The topological polar surface area (TPSA) is 102 Å². The van der Waals surface area contributed by atoms with Crippen LogP contribution in [0, 0.1) is 12.8 Å². The van der Waals surface area contributed by atoms with Crippen molar-refractivity contribution >= 4 is 23.4 Å². The van der Waals surface area contributed by atoms with Crippen LogP contribution in [0.3, 0.4) is 0 Å². The van der Waals surface area contributed by atoms with Gasteiger partial charge < -0.3 is 24.8 Å². The average molecular weight is 675 g/mol. The van der Waals surface area contributed by atoms with E-state index in [-0.39, 0.29) is 36.5 Å². The number of hydrogen-bond donors (Lipinski definition) is 2. The number of carbonyl (C=O) groups is 2. The van der Waals surface area contributed by atoms with E-state index in [0.717, 1.165) is 27.8 Å². The third-order valence-corrected chi connectivity index (χ3v) is 9.12. The number of amides is 2. The molecule has 1 fully saturated rings. The van der Waals surface area contributed by atoms with E-state index in [4.69, 9.17) is 4.74 Å². The molecule has 2 amide bonds. The summed E-state index contributed by atoms with van der Waals surface area (Å²) in [5.41, 5.74) is 7.18. The zero-order chi connectivity index (χ0) is 34.7. The number of fused-ring (bicyclic) bond motifs is 3. The number of halogens is 3. The molecule has 1 aliphatic carbocycles. The lowest BCUT2D eigenvalue weighted by molar-refractivity contribution is -0.322. The number of nitrogens with zero attached hydrogens (tertiary/aromatic N) is 2. The van der Waals surface area contributed by atoms with Crippen LogP contribution in [0.15, 0.2) is 83.8 Å². The molecule has 1 aromatic heterocycles. The molecule has 0 spiro atoms. The second-order valence-electron chi connectivity index (χ2n) is 12.4. The minimum Gasteiger partial charge on any atom is -0.448 e. The second kappa shape index (κ2) is 14.2. The molecule has 49 heavy (non-hydrogen) atoms. The summed E-state index contributed by atoms with van der Waals surface area (Å²) in [6, 6.07) is 23.1. The molecule has 2 heterocycles. The standard InChI is InChI=1S/C37H37F3N4O5/c1-23-19-26(21-43(2)35(23)46)25-11-12-32(33(20-25)41-15-18-49-37(38,39)40)42-34(45)24-13-16-44(17-14-24)36(47)48-22-31-29-9-5-3-7-27(29)28-8-4-6-10-30(28)31/h3-12,19-21,24,31,41H,13-18,22H2,1-2H3,(H,42,45). The van der Waals surface area contributed by atoms with Crippen LogP contribution in [-0.4, -0.2) is 60.7 Å². The molecule has 2 N–H and O–H groups in total. The van der Waals surface area contributed by atoms with Crippen molar-refractivity contribution in [2.24, 2.45) is 13.0 Å². The van der Waals surface area contributed by atoms with Gasteiger partial charge in [0.2, 0.25) is 5.91 Å². The van der Waals surface area contributed by atoms with Gasteiger partial charge in [0.15, 0.2) is 0 Å². The van der Waals surface area contributed by atoms with E-state index < -0.39 is 19.1 Å². The number of ether oxygens (including phenoxy) is 2. The molecular formula is C37H37F3N4O5. The first-order valence-corrected chi connectivity index (χ1v) is 16.2. The third kappa shape index (κ3) is 7.64. The molecule has 1 aliphatic heterocycles. The van der Waals surface area contributed by atoms with E-state index in [1.807, 2.05) is 24.3 Å². The van der Waals surface area contributed by atoms with Crippen molar-refractivity contribution in [3.05, 3.63) is 106 Å². The Labute approximate surface area is 281 Å². The summed E-state index contributed by atoms with van der Waals surface area (Å²) in [4.78, 5) is 40.3. The Morgan fingerprint density at radius 3 is 2.18 bits per heavy atom. The molecule has 0 unspecified atom stereocenters.